The van der Waals surface area contributed by atoms with Crippen molar-refractivity contribution in [2.45, 2.75) is 145 Å². The van der Waals surface area contributed by atoms with Gasteiger partial charge in [0.1, 0.15) is 12.2 Å². The van der Waals surface area contributed by atoms with Crippen LogP contribution in [0.4, 0.5) is 0 Å². The van der Waals surface area contributed by atoms with E-state index >= 15 is 0 Å². The Labute approximate surface area is 237 Å². The molecule has 39 heavy (non-hydrogen) atoms. The molecule has 0 aromatic rings. The molecule has 1 N–H and O–H groups in total. The first-order valence-corrected chi connectivity index (χ1v) is 15.9. The largest absolute Gasteiger partial charge is 0.462 e. The molecule has 0 heterocycles. The second-order valence-corrected chi connectivity index (χ2v) is 16.7. The molecular formula is C34H56O5. The normalized spacial score (nSPS) is 50.6. The fourth-order valence-electron chi connectivity index (χ4n) is 12.7. The highest BCUT2D eigenvalue weighted by Gasteiger charge is 2.73. The molecule has 5 rings (SSSR count). The second-order valence-electron chi connectivity index (χ2n) is 16.7. The summed E-state index contributed by atoms with van der Waals surface area (Å²) in [5, 5.41) is 11.1. The zero-order valence-corrected chi connectivity index (χ0v) is 26.5. The number of carbonyl (C=O) groups excluding carboxylic acids is 2. The van der Waals surface area contributed by atoms with E-state index in [0.717, 1.165) is 19.3 Å². The maximum Gasteiger partial charge on any atom is 0.302 e. The Morgan fingerprint density at radius 1 is 0.718 bits per heavy atom. The smallest absolute Gasteiger partial charge is 0.302 e. The van der Waals surface area contributed by atoms with Crippen LogP contribution in [0.2, 0.25) is 0 Å². The number of ether oxygens (including phenoxy) is 2. The molecule has 5 nitrogen and oxygen atoms in total. The number of rotatable bonds is 3. The molecule has 0 bridgehead atoms. The topological polar surface area (TPSA) is 72.8 Å². The summed E-state index contributed by atoms with van der Waals surface area (Å²) in [6, 6.07) is 0. The van der Waals surface area contributed by atoms with E-state index in [2.05, 4.69) is 41.5 Å². The minimum absolute atomic E-state index is 0.144. The van der Waals surface area contributed by atoms with E-state index in [4.69, 9.17) is 9.47 Å². The molecule has 0 spiro atoms. The first-order valence-electron chi connectivity index (χ1n) is 15.9. The first kappa shape index (κ1) is 29.4. The number of hydrogen-bond acceptors (Lipinski definition) is 5. The van der Waals surface area contributed by atoms with Crippen LogP contribution in [0.3, 0.4) is 0 Å². The van der Waals surface area contributed by atoms with Gasteiger partial charge in [0.2, 0.25) is 0 Å². The van der Waals surface area contributed by atoms with E-state index in [1.165, 1.54) is 46.0 Å². The van der Waals surface area contributed by atoms with Gasteiger partial charge in [-0.15, -0.1) is 0 Å². The Hall–Kier alpha value is -1.10. The highest BCUT2D eigenvalue weighted by Crippen LogP contribution is 2.78. The van der Waals surface area contributed by atoms with Crippen molar-refractivity contribution in [2.75, 3.05) is 0 Å². The molecule has 5 saturated carbocycles. The van der Waals surface area contributed by atoms with Crippen LogP contribution in [0, 0.1) is 56.7 Å². The van der Waals surface area contributed by atoms with Crippen molar-refractivity contribution in [1.29, 1.82) is 0 Å². The third-order valence-corrected chi connectivity index (χ3v) is 14.5. The summed E-state index contributed by atoms with van der Waals surface area (Å²) in [4.78, 5) is 24.6. The van der Waals surface area contributed by atoms with Crippen LogP contribution in [-0.2, 0) is 19.1 Å². The summed E-state index contributed by atoms with van der Waals surface area (Å²) in [6.07, 6.45) is 9.47. The van der Waals surface area contributed by atoms with Crippen LogP contribution < -0.4 is 0 Å². The molecule has 0 aromatic heterocycles. The zero-order valence-electron chi connectivity index (χ0n) is 26.5. The lowest BCUT2D eigenvalue weighted by molar-refractivity contribution is -0.282. The summed E-state index contributed by atoms with van der Waals surface area (Å²) in [7, 11) is 0. The third kappa shape index (κ3) is 3.93. The molecule has 0 saturated heterocycles. The van der Waals surface area contributed by atoms with Crippen LogP contribution in [0.15, 0.2) is 0 Å². The van der Waals surface area contributed by atoms with E-state index in [9.17, 15) is 14.7 Å². The van der Waals surface area contributed by atoms with Crippen LogP contribution in [0.5, 0.6) is 0 Å². The van der Waals surface area contributed by atoms with Gasteiger partial charge in [-0.05, 0) is 111 Å². The maximum atomic E-state index is 12.5. The predicted octanol–water partition coefficient (Wildman–Crippen LogP) is 7.33. The quantitative estimate of drug-likeness (QED) is 0.377. The highest BCUT2D eigenvalue weighted by molar-refractivity contribution is 5.67. The first-order chi connectivity index (χ1) is 17.8. The summed E-state index contributed by atoms with van der Waals surface area (Å²) in [5.41, 5.74) is -0.357. The Morgan fingerprint density at radius 3 is 1.85 bits per heavy atom. The molecule has 11 atom stereocenters. The minimum Gasteiger partial charge on any atom is -0.462 e. The summed E-state index contributed by atoms with van der Waals surface area (Å²) in [6.45, 7) is 21.8. The summed E-state index contributed by atoms with van der Waals surface area (Å²) in [5.74, 6) is 1.89. The predicted molar refractivity (Wildman–Crippen MR) is 153 cm³/mol. The van der Waals surface area contributed by atoms with E-state index < -0.39 is 5.60 Å². The van der Waals surface area contributed by atoms with E-state index in [1.54, 1.807) is 0 Å². The molecule has 0 radical (unpaired) electrons. The SMILES string of the molecule is CC(=O)O[C@H]1C[C@@H](OC(C)=O)[C@]2(C)[C@H]3CC[C@@H]4[C@@]5(C)CC[C@H](C(C)(C)O)[C@@H]5CC[C@@]4(C)[C@]3(C)CC[C@H]2C1(C)C. The number of fused-ring (bicyclic) bond motifs is 7. The van der Waals surface area contributed by atoms with Gasteiger partial charge in [0.05, 0.1) is 5.60 Å². The molecule has 0 aliphatic heterocycles. The van der Waals surface area contributed by atoms with Crippen molar-refractivity contribution in [2.24, 2.45) is 56.7 Å². The van der Waals surface area contributed by atoms with Gasteiger partial charge in [-0.25, -0.2) is 0 Å². The van der Waals surface area contributed by atoms with Gasteiger partial charge in [-0.2, -0.15) is 0 Å². The van der Waals surface area contributed by atoms with Crippen LogP contribution in [0.25, 0.3) is 0 Å². The van der Waals surface area contributed by atoms with Crippen molar-refractivity contribution in [3.8, 4) is 0 Å². The van der Waals surface area contributed by atoms with E-state index in [-0.39, 0.29) is 51.2 Å². The molecule has 222 valence electrons. The number of carbonyl (C=O) groups is 2. The van der Waals surface area contributed by atoms with Crippen molar-refractivity contribution in [1.82, 2.24) is 0 Å². The van der Waals surface area contributed by atoms with Crippen molar-refractivity contribution in [3.05, 3.63) is 0 Å². The Balaban J connectivity index is 1.55. The molecular weight excluding hydrogens is 488 g/mol. The average molecular weight is 545 g/mol. The van der Waals surface area contributed by atoms with Gasteiger partial charge in [0.15, 0.2) is 0 Å². The Bertz CT molecular complexity index is 1010. The summed E-state index contributed by atoms with van der Waals surface area (Å²) < 4.78 is 12.1. The second kappa shape index (κ2) is 8.95. The molecule has 0 amide bonds. The van der Waals surface area contributed by atoms with Crippen molar-refractivity contribution >= 4 is 11.9 Å². The van der Waals surface area contributed by atoms with Gasteiger partial charge in [-0.3, -0.25) is 9.59 Å². The standard InChI is InChI=1S/C34H56O5/c1-20(35)38-27-19-28(39-21(2)36)34(10)24(29(27,3)4)15-18-33(9)26(34)12-11-25-31(7)16-13-22(30(5,6)37)23(31)14-17-32(25,33)8/h22-28,37H,11-19H2,1-10H3/t22-,23-,24-,25+,26-,27-,28+,31-,32+,33+,34-/m0/s1. The Morgan fingerprint density at radius 2 is 1.26 bits per heavy atom. The van der Waals surface area contributed by atoms with Crippen LogP contribution in [0.1, 0.15) is 127 Å². The maximum absolute atomic E-state index is 12.5. The number of aliphatic hydroxyl groups is 1. The lowest BCUT2D eigenvalue weighted by Crippen LogP contribution is -2.70. The molecule has 0 unspecified atom stereocenters. The van der Waals surface area contributed by atoms with Gasteiger partial charge in [0, 0.05) is 31.1 Å². The minimum atomic E-state index is -0.619. The van der Waals surface area contributed by atoms with Crippen LogP contribution in [-0.4, -0.2) is 34.9 Å². The monoisotopic (exact) mass is 544 g/mol. The highest BCUT2D eigenvalue weighted by atomic mass is 16.6. The fraction of sp³-hybridized carbons (Fsp3) is 0.941. The molecule has 5 fully saturated rings. The molecule has 5 heteroatoms. The van der Waals surface area contributed by atoms with Crippen LogP contribution >= 0.6 is 0 Å². The summed E-state index contributed by atoms with van der Waals surface area (Å²) >= 11 is 0. The number of hydrogen-bond donors (Lipinski definition) is 1. The Kier molecular flexibility index (Phi) is 6.74. The van der Waals surface area contributed by atoms with Gasteiger partial charge < -0.3 is 14.6 Å². The van der Waals surface area contributed by atoms with E-state index in [0.29, 0.717) is 36.0 Å². The molecule has 0 aromatic carbocycles. The van der Waals surface area contributed by atoms with Crippen molar-refractivity contribution in [3.63, 3.8) is 0 Å². The van der Waals surface area contributed by atoms with E-state index in [1.807, 2.05) is 13.8 Å². The van der Waals surface area contributed by atoms with Gasteiger partial charge in [-0.1, -0.05) is 41.5 Å². The van der Waals surface area contributed by atoms with Crippen molar-refractivity contribution < 1.29 is 24.2 Å². The van der Waals surface area contributed by atoms with Gasteiger partial charge >= 0.3 is 11.9 Å². The van der Waals surface area contributed by atoms with Gasteiger partial charge in [0.25, 0.3) is 0 Å². The fourth-order valence-corrected chi connectivity index (χ4v) is 12.7. The number of esters is 2. The lowest BCUT2D eigenvalue weighted by Gasteiger charge is -2.74. The average Bonchev–Trinajstić information content (AvgIpc) is 3.15. The zero-order chi connectivity index (χ0) is 29.0. The lowest BCUT2D eigenvalue weighted by atomic mass is 9.31. The molecule has 5 aliphatic rings. The molecule has 5 aliphatic carbocycles. The third-order valence-electron chi connectivity index (χ3n) is 14.5.